The molecule has 1 aliphatic heterocycles. The molecule has 168 valence electrons. The van der Waals surface area contributed by atoms with E-state index in [1.807, 2.05) is 0 Å². The summed E-state index contributed by atoms with van der Waals surface area (Å²) in [6.07, 6.45) is -10.0. The van der Waals surface area contributed by atoms with Crippen LogP contribution in [0.2, 0.25) is 0 Å². The van der Waals surface area contributed by atoms with Gasteiger partial charge >= 0.3 is 18.3 Å². The lowest BCUT2D eigenvalue weighted by atomic mass is 10.0. The van der Waals surface area contributed by atoms with Crippen molar-refractivity contribution >= 4 is 16.0 Å². The van der Waals surface area contributed by atoms with Gasteiger partial charge in [-0.05, 0) is 35.4 Å². The molecule has 31 heavy (non-hydrogen) atoms. The Bertz CT molecular complexity index is 1110. The van der Waals surface area contributed by atoms with Gasteiger partial charge in [0.25, 0.3) is 0 Å². The number of nitrogens with zero attached hydrogens (tertiary/aromatic N) is 1. The predicted octanol–water partition coefficient (Wildman–Crippen LogP) is 4.53. The molecule has 0 aliphatic carbocycles. The van der Waals surface area contributed by atoms with Crippen LogP contribution in [0.25, 0.3) is 0 Å². The zero-order chi connectivity index (χ0) is 23.2. The van der Waals surface area contributed by atoms with E-state index >= 15 is 0 Å². The van der Waals surface area contributed by atoms with Crippen LogP contribution < -0.4 is 0 Å². The van der Waals surface area contributed by atoms with E-state index in [0.717, 1.165) is 31.4 Å². The number of carbonyl (C=O) groups excluding carboxylic acids is 1. The molecule has 0 unspecified atom stereocenters. The molecule has 3 rings (SSSR count). The SMILES string of the molecule is COC(=O)C[C@H]1c2cc(C(F)(F)F)ccc2S(=O)(=O)N1Cc1cccc(C(F)(F)F)c1. The number of hydrogen-bond donors (Lipinski definition) is 0. The van der Waals surface area contributed by atoms with E-state index in [9.17, 15) is 39.6 Å². The number of halogens is 6. The van der Waals surface area contributed by atoms with Gasteiger partial charge in [-0.15, -0.1) is 0 Å². The van der Waals surface area contributed by atoms with Crippen LogP contribution in [0.5, 0.6) is 0 Å². The number of hydrogen-bond acceptors (Lipinski definition) is 4. The maximum atomic E-state index is 13.1. The summed E-state index contributed by atoms with van der Waals surface area (Å²) in [6, 6.07) is 4.53. The van der Waals surface area contributed by atoms with Crippen molar-refractivity contribution in [2.45, 2.75) is 36.3 Å². The first-order valence-electron chi connectivity index (χ1n) is 8.71. The van der Waals surface area contributed by atoms with Crippen molar-refractivity contribution in [2.75, 3.05) is 7.11 Å². The molecule has 0 spiro atoms. The van der Waals surface area contributed by atoms with Crippen molar-refractivity contribution in [1.82, 2.24) is 4.31 Å². The van der Waals surface area contributed by atoms with Crippen LogP contribution in [0.4, 0.5) is 26.3 Å². The van der Waals surface area contributed by atoms with Gasteiger partial charge in [0.05, 0.1) is 35.6 Å². The zero-order valence-corrected chi connectivity index (χ0v) is 16.6. The van der Waals surface area contributed by atoms with E-state index < -0.39 is 63.4 Å². The summed E-state index contributed by atoms with van der Waals surface area (Å²) in [5.74, 6) is -0.889. The number of fused-ring (bicyclic) bond motifs is 1. The van der Waals surface area contributed by atoms with Gasteiger partial charge in [-0.2, -0.15) is 30.6 Å². The molecule has 0 aromatic heterocycles. The third-order valence-corrected chi connectivity index (χ3v) is 6.74. The summed E-state index contributed by atoms with van der Waals surface area (Å²) in [6.45, 7) is -0.579. The number of ether oxygens (including phenoxy) is 1. The van der Waals surface area contributed by atoms with E-state index in [2.05, 4.69) is 4.74 Å². The number of rotatable bonds is 4. The van der Waals surface area contributed by atoms with Gasteiger partial charge < -0.3 is 4.74 Å². The maximum Gasteiger partial charge on any atom is 0.416 e. The van der Waals surface area contributed by atoms with Crippen molar-refractivity contribution in [2.24, 2.45) is 0 Å². The summed E-state index contributed by atoms with van der Waals surface area (Å²) in [5, 5.41) is 0. The van der Waals surface area contributed by atoms with Gasteiger partial charge in [0.2, 0.25) is 10.0 Å². The van der Waals surface area contributed by atoms with Crippen molar-refractivity contribution in [3.8, 4) is 0 Å². The van der Waals surface area contributed by atoms with E-state index in [4.69, 9.17) is 0 Å². The topological polar surface area (TPSA) is 63.7 Å². The molecule has 1 heterocycles. The molecule has 1 aliphatic rings. The lowest BCUT2D eigenvalue weighted by Gasteiger charge is -2.23. The Kier molecular flexibility index (Phi) is 5.82. The van der Waals surface area contributed by atoms with Crippen LogP contribution in [0, 0.1) is 0 Å². The molecular weight excluding hydrogens is 452 g/mol. The lowest BCUT2D eigenvalue weighted by Crippen LogP contribution is -2.29. The average molecular weight is 467 g/mol. The molecule has 2 aromatic carbocycles. The Morgan fingerprint density at radius 3 is 2.19 bits per heavy atom. The second-order valence-corrected chi connectivity index (χ2v) is 8.65. The molecule has 2 aromatic rings. The first kappa shape index (κ1) is 23.1. The molecule has 12 heteroatoms. The molecule has 0 amide bonds. The molecule has 1 atom stereocenters. The first-order chi connectivity index (χ1) is 14.2. The highest BCUT2D eigenvalue weighted by atomic mass is 32.2. The standard InChI is InChI=1S/C19H15F6NO4S/c1-30-17(27)9-15-14-8-13(19(23,24)25)5-6-16(14)31(28,29)26(15)10-11-3-2-4-12(7-11)18(20,21)22/h2-8,15H,9-10H2,1H3/t15-/m0/s1. The van der Waals surface area contributed by atoms with E-state index in [1.54, 1.807) is 0 Å². The molecule has 0 N–H and O–H groups in total. The minimum Gasteiger partial charge on any atom is -0.469 e. The van der Waals surface area contributed by atoms with Crippen LogP contribution in [0.3, 0.4) is 0 Å². The van der Waals surface area contributed by atoms with Crippen molar-refractivity contribution in [3.63, 3.8) is 0 Å². The maximum absolute atomic E-state index is 13.1. The number of carbonyl (C=O) groups is 1. The van der Waals surface area contributed by atoms with Crippen LogP contribution in [0.1, 0.15) is 34.7 Å². The van der Waals surface area contributed by atoms with E-state index in [-0.39, 0.29) is 11.1 Å². The zero-order valence-electron chi connectivity index (χ0n) is 15.8. The fourth-order valence-corrected chi connectivity index (χ4v) is 5.17. The number of benzene rings is 2. The van der Waals surface area contributed by atoms with Crippen LogP contribution in [0.15, 0.2) is 47.4 Å². The number of sulfonamides is 1. The third kappa shape index (κ3) is 4.54. The van der Waals surface area contributed by atoms with Gasteiger partial charge in [0.1, 0.15) is 0 Å². The monoisotopic (exact) mass is 467 g/mol. The molecule has 0 saturated heterocycles. The molecule has 5 nitrogen and oxygen atoms in total. The minimum absolute atomic E-state index is 0.0443. The summed E-state index contributed by atoms with van der Waals surface area (Å²) in [4.78, 5) is 11.4. The van der Waals surface area contributed by atoms with Gasteiger partial charge in [0, 0.05) is 6.54 Å². The lowest BCUT2D eigenvalue weighted by molar-refractivity contribution is -0.141. The van der Waals surface area contributed by atoms with Gasteiger partial charge in [-0.1, -0.05) is 18.2 Å². The average Bonchev–Trinajstić information content (AvgIpc) is 2.87. The second-order valence-electron chi connectivity index (χ2n) is 6.79. The number of alkyl halides is 6. The Morgan fingerprint density at radius 1 is 1.00 bits per heavy atom. The molecule has 0 bridgehead atoms. The smallest absolute Gasteiger partial charge is 0.416 e. The third-order valence-electron chi connectivity index (χ3n) is 4.81. The molecular formula is C19H15F6NO4S. The van der Waals surface area contributed by atoms with Crippen LogP contribution in [-0.2, 0) is 38.5 Å². The van der Waals surface area contributed by atoms with E-state index in [0.29, 0.717) is 16.4 Å². The molecule has 0 radical (unpaired) electrons. The highest BCUT2D eigenvalue weighted by Gasteiger charge is 2.45. The second kappa shape index (κ2) is 7.83. The van der Waals surface area contributed by atoms with Crippen molar-refractivity contribution < 1.29 is 44.3 Å². The number of methoxy groups -OCH3 is 1. The van der Waals surface area contributed by atoms with Crippen molar-refractivity contribution in [3.05, 3.63) is 64.7 Å². The summed E-state index contributed by atoms with van der Waals surface area (Å²) >= 11 is 0. The van der Waals surface area contributed by atoms with E-state index in [1.165, 1.54) is 6.07 Å². The largest absolute Gasteiger partial charge is 0.469 e. The summed E-state index contributed by atoms with van der Waals surface area (Å²) < 4.78 is 110. The van der Waals surface area contributed by atoms with Gasteiger partial charge in [-0.25, -0.2) is 8.42 Å². The predicted molar refractivity (Wildman–Crippen MR) is 95.0 cm³/mol. The van der Waals surface area contributed by atoms with Crippen LogP contribution in [-0.4, -0.2) is 25.8 Å². The Morgan fingerprint density at radius 2 is 1.61 bits per heavy atom. The first-order valence-corrected chi connectivity index (χ1v) is 10.1. The highest BCUT2D eigenvalue weighted by molar-refractivity contribution is 7.89. The fourth-order valence-electron chi connectivity index (χ4n) is 3.34. The number of esters is 1. The molecule has 0 saturated carbocycles. The van der Waals surface area contributed by atoms with Gasteiger partial charge in [-0.3, -0.25) is 4.79 Å². The quantitative estimate of drug-likeness (QED) is 0.490. The van der Waals surface area contributed by atoms with Crippen molar-refractivity contribution in [1.29, 1.82) is 0 Å². The summed E-state index contributed by atoms with van der Waals surface area (Å²) in [5.41, 5.74) is -2.44. The molecule has 0 fully saturated rings. The summed E-state index contributed by atoms with van der Waals surface area (Å²) in [7, 11) is -3.36. The Balaban J connectivity index is 2.09. The highest BCUT2D eigenvalue weighted by Crippen LogP contribution is 2.45. The Labute approximate surface area is 173 Å². The minimum atomic E-state index is -4.76. The normalized spacial score (nSPS) is 18.6. The van der Waals surface area contributed by atoms with Crippen LogP contribution >= 0.6 is 0 Å². The Hall–Kier alpha value is -2.60. The van der Waals surface area contributed by atoms with Gasteiger partial charge in [0.15, 0.2) is 0 Å². The fraction of sp³-hybridized carbons (Fsp3) is 0.316.